The fourth-order valence-electron chi connectivity index (χ4n) is 7.14. The molecule has 2 fully saturated rings. The van der Waals surface area contributed by atoms with Crippen molar-refractivity contribution in [2.24, 2.45) is 23.2 Å². The smallest absolute Gasteiger partial charge is 0.311 e. The van der Waals surface area contributed by atoms with Gasteiger partial charge < -0.3 is 14.2 Å². The summed E-state index contributed by atoms with van der Waals surface area (Å²) in [4.78, 5) is 15.4. The summed E-state index contributed by atoms with van der Waals surface area (Å²) in [5.41, 5.74) is 3.99. The first kappa shape index (κ1) is 23.2. The van der Waals surface area contributed by atoms with Gasteiger partial charge in [0.05, 0.1) is 32.6 Å². The molecule has 0 bridgehead atoms. The number of ether oxygens (including phenoxy) is 3. The largest absolute Gasteiger partial charge is 0.493 e. The van der Waals surface area contributed by atoms with Crippen molar-refractivity contribution >= 4 is 5.97 Å². The van der Waals surface area contributed by atoms with Crippen molar-refractivity contribution in [1.29, 1.82) is 5.26 Å². The Hall–Kier alpha value is -2.52. The van der Waals surface area contributed by atoms with Gasteiger partial charge in [0.25, 0.3) is 0 Å². The van der Waals surface area contributed by atoms with Crippen LogP contribution in [0, 0.1) is 34.5 Å². The first-order valence-electron chi connectivity index (χ1n) is 12.7. The first-order chi connectivity index (χ1) is 16.4. The molecule has 34 heavy (non-hydrogen) atoms. The molecule has 2 aliphatic heterocycles. The summed E-state index contributed by atoms with van der Waals surface area (Å²) >= 11 is 0. The summed E-state index contributed by atoms with van der Waals surface area (Å²) in [6.45, 7) is 6.12. The monoisotopic (exact) mass is 464 g/mol. The van der Waals surface area contributed by atoms with E-state index in [2.05, 4.69) is 30.9 Å². The number of esters is 1. The van der Waals surface area contributed by atoms with Gasteiger partial charge in [-0.2, -0.15) is 5.26 Å². The van der Waals surface area contributed by atoms with E-state index >= 15 is 0 Å². The van der Waals surface area contributed by atoms with Gasteiger partial charge in [-0.3, -0.25) is 9.69 Å². The normalized spacial score (nSPS) is 34.7. The molecule has 1 aromatic carbocycles. The van der Waals surface area contributed by atoms with Crippen molar-refractivity contribution in [2.45, 2.75) is 64.5 Å². The summed E-state index contributed by atoms with van der Waals surface area (Å²) in [7, 11) is 3.28. The zero-order valence-corrected chi connectivity index (χ0v) is 20.8. The summed E-state index contributed by atoms with van der Waals surface area (Å²) in [5.74, 6) is 1.84. The molecular formula is C28H36N2O4. The van der Waals surface area contributed by atoms with Crippen LogP contribution in [0.25, 0.3) is 0 Å². The second kappa shape index (κ2) is 8.92. The van der Waals surface area contributed by atoms with Crippen LogP contribution in [0.5, 0.6) is 11.5 Å². The second-order valence-corrected chi connectivity index (χ2v) is 10.9. The third-order valence-corrected chi connectivity index (χ3v) is 8.91. The number of rotatable bonds is 5. The highest BCUT2D eigenvalue weighted by Crippen LogP contribution is 2.54. The van der Waals surface area contributed by atoms with Crippen LogP contribution >= 0.6 is 0 Å². The van der Waals surface area contributed by atoms with Gasteiger partial charge in [-0.05, 0) is 60.3 Å². The molecule has 6 nitrogen and oxygen atoms in total. The number of hydrogen-bond donors (Lipinski definition) is 0. The Morgan fingerprint density at radius 2 is 2.03 bits per heavy atom. The average Bonchev–Trinajstić information content (AvgIpc) is 3.11. The Morgan fingerprint density at radius 3 is 2.76 bits per heavy atom. The Kier molecular flexibility index (Phi) is 6.10. The maximum Gasteiger partial charge on any atom is 0.311 e. The third kappa shape index (κ3) is 3.79. The number of hydrogen-bond acceptors (Lipinski definition) is 6. The average molecular weight is 465 g/mol. The SMILES string of the molecule is COc1cc2c(cc1OC)[C@H](CC#N)N(C[C@@H]1C(=O)O[C@@H]3C[C@]4(C)CCC[C@@H](C)C4=C[C@@H]13)CC2. The summed E-state index contributed by atoms with van der Waals surface area (Å²) in [6.07, 6.45) is 8.23. The predicted octanol–water partition coefficient (Wildman–Crippen LogP) is 4.83. The minimum absolute atomic E-state index is 0.0209. The number of allylic oxidation sites excluding steroid dienone is 1. The minimum atomic E-state index is -0.181. The van der Waals surface area contributed by atoms with Gasteiger partial charge in [0.15, 0.2) is 11.5 Å². The standard InChI is InChI=1S/C28H36N2O4/c1-17-6-5-9-28(2)15-26-20(13-22(17)28)21(27(31)34-26)16-30-11-8-18-12-24(32-3)25(33-4)14-19(18)23(30)7-10-29/h12-14,17,20-21,23,26H,5-9,11,15-16H2,1-4H3/t17-,20+,21+,23+,26-,28+/m1/s1. The van der Waals surface area contributed by atoms with Crippen molar-refractivity contribution in [2.75, 3.05) is 27.3 Å². The number of benzene rings is 1. The molecule has 0 spiro atoms. The lowest BCUT2D eigenvalue weighted by Gasteiger charge is -2.46. The third-order valence-electron chi connectivity index (χ3n) is 8.91. The van der Waals surface area contributed by atoms with Gasteiger partial charge in [-0.1, -0.05) is 31.9 Å². The Labute approximate surface area is 202 Å². The van der Waals surface area contributed by atoms with Gasteiger partial charge >= 0.3 is 5.97 Å². The van der Waals surface area contributed by atoms with Crippen molar-refractivity contribution in [3.8, 4) is 17.6 Å². The number of nitriles is 1. The topological polar surface area (TPSA) is 71.8 Å². The second-order valence-electron chi connectivity index (χ2n) is 10.9. The van der Waals surface area contributed by atoms with Gasteiger partial charge in [-0.15, -0.1) is 0 Å². The van der Waals surface area contributed by atoms with E-state index in [-0.39, 0.29) is 35.4 Å². The Balaban J connectivity index is 1.44. The van der Waals surface area contributed by atoms with Crippen LogP contribution in [-0.2, 0) is 16.0 Å². The zero-order chi connectivity index (χ0) is 24.0. The van der Waals surface area contributed by atoms with Crippen LogP contribution < -0.4 is 9.47 Å². The van der Waals surface area contributed by atoms with E-state index in [0.717, 1.165) is 24.9 Å². The summed E-state index contributed by atoms with van der Waals surface area (Å²) in [6, 6.07) is 6.34. The lowest BCUT2D eigenvalue weighted by atomic mass is 9.59. The first-order valence-corrected chi connectivity index (χ1v) is 12.7. The molecule has 2 aliphatic carbocycles. The molecule has 5 rings (SSSR count). The van der Waals surface area contributed by atoms with Crippen LogP contribution in [0.4, 0.5) is 0 Å². The van der Waals surface area contributed by atoms with Crippen LogP contribution in [0.1, 0.15) is 63.1 Å². The minimum Gasteiger partial charge on any atom is -0.493 e. The molecular weight excluding hydrogens is 428 g/mol. The van der Waals surface area contributed by atoms with Crippen LogP contribution in [0.3, 0.4) is 0 Å². The van der Waals surface area contributed by atoms with E-state index in [9.17, 15) is 10.1 Å². The molecule has 182 valence electrons. The molecule has 6 heteroatoms. The van der Waals surface area contributed by atoms with E-state index in [1.54, 1.807) is 14.2 Å². The van der Waals surface area contributed by atoms with Crippen molar-refractivity contribution < 1.29 is 19.0 Å². The van der Waals surface area contributed by atoms with E-state index in [0.29, 0.717) is 30.4 Å². The number of methoxy groups -OCH3 is 2. The highest BCUT2D eigenvalue weighted by molar-refractivity contribution is 5.76. The number of fused-ring (bicyclic) bond motifs is 3. The molecule has 0 unspecified atom stereocenters. The van der Waals surface area contributed by atoms with E-state index in [1.807, 2.05) is 12.1 Å². The lowest BCUT2D eigenvalue weighted by Crippen LogP contribution is -2.43. The highest BCUT2D eigenvalue weighted by Gasteiger charge is 2.52. The molecule has 1 aromatic rings. The van der Waals surface area contributed by atoms with E-state index in [4.69, 9.17) is 14.2 Å². The van der Waals surface area contributed by atoms with Crippen molar-refractivity contribution in [1.82, 2.24) is 4.90 Å². The number of nitrogens with zero attached hydrogens (tertiary/aromatic N) is 2. The molecule has 0 N–H and O–H groups in total. The molecule has 0 aromatic heterocycles. The molecule has 1 saturated heterocycles. The predicted molar refractivity (Wildman–Crippen MR) is 128 cm³/mol. The molecule has 2 heterocycles. The zero-order valence-electron chi connectivity index (χ0n) is 20.8. The van der Waals surface area contributed by atoms with Crippen molar-refractivity contribution in [3.05, 3.63) is 34.9 Å². The fraction of sp³-hybridized carbons (Fsp3) is 0.643. The Morgan fingerprint density at radius 1 is 1.26 bits per heavy atom. The number of carbonyl (C=O) groups is 1. The maximum absolute atomic E-state index is 13.1. The fourth-order valence-corrected chi connectivity index (χ4v) is 7.14. The quantitative estimate of drug-likeness (QED) is 0.459. The maximum atomic E-state index is 13.1. The van der Waals surface area contributed by atoms with Gasteiger partial charge in [0.2, 0.25) is 0 Å². The van der Waals surface area contributed by atoms with E-state index < -0.39 is 0 Å². The van der Waals surface area contributed by atoms with Gasteiger partial charge in [-0.25, -0.2) is 0 Å². The molecule has 0 radical (unpaired) electrons. The van der Waals surface area contributed by atoms with Crippen LogP contribution in [0.15, 0.2) is 23.8 Å². The molecule has 1 saturated carbocycles. The molecule has 6 atom stereocenters. The van der Waals surface area contributed by atoms with E-state index in [1.165, 1.54) is 30.4 Å². The van der Waals surface area contributed by atoms with Gasteiger partial charge in [0.1, 0.15) is 6.10 Å². The Bertz CT molecular complexity index is 1040. The number of carbonyl (C=O) groups excluding carboxylic acids is 1. The highest BCUT2D eigenvalue weighted by atomic mass is 16.6. The summed E-state index contributed by atoms with van der Waals surface area (Å²) in [5, 5.41) is 9.64. The summed E-state index contributed by atoms with van der Waals surface area (Å²) < 4.78 is 17.0. The van der Waals surface area contributed by atoms with Crippen LogP contribution in [0.2, 0.25) is 0 Å². The molecule has 4 aliphatic rings. The van der Waals surface area contributed by atoms with Crippen molar-refractivity contribution in [3.63, 3.8) is 0 Å². The molecule has 0 amide bonds. The van der Waals surface area contributed by atoms with Crippen LogP contribution in [-0.4, -0.2) is 44.3 Å². The lowest BCUT2D eigenvalue weighted by molar-refractivity contribution is -0.145. The van der Waals surface area contributed by atoms with Gasteiger partial charge in [0, 0.05) is 25.0 Å².